The topological polar surface area (TPSA) is 81.2 Å². The summed E-state index contributed by atoms with van der Waals surface area (Å²) < 4.78 is 28.7. The Balaban J connectivity index is 2.22. The number of imidazole rings is 1. The van der Waals surface area contributed by atoms with Crippen LogP contribution in [-0.4, -0.2) is 41.4 Å². The Hall–Kier alpha value is -0.920. The zero-order valence-corrected chi connectivity index (χ0v) is 13.0. The molecule has 0 radical (unpaired) electrons. The van der Waals surface area contributed by atoms with Gasteiger partial charge in [-0.3, -0.25) is 0 Å². The molecular weight excluding hydrogens is 276 g/mol. The summed E-state index contributed by atoms with van der Waals surface area (Å²) in [5, 5.41) is 0.137. The molecule has 1 fully saturated rings. The van der Waals surface area contributed by atoms with Crippen LogP contribution < -0.4 is 5.73 Å². The summed E-state index contributed by atoms with van der Waals surface area (Å²) >= 11 is 0. The standard InChI is InChI=1S/C13H24N4O2S/c1-11(2)8-16-9-13(15-10-16)20(18,19)17-6-4-3-5-12(17)7-14/h9-12H,3-8,14H2,1-2H3. The predicted molar refractivity (Wildman–Crippen MR) is 77.7 cm³/mol. The molecule has 0 saturated carbocycles. The van der Waals surface area contributed by atoms with Crippen LogP contribution >= 0.6 is 0 Å². The first-order chi connectivity index (χ1) is 9.45. The molecule has 1 unspecified atom stereocenters. The van der Waals surface area contributed by atoms with Crippen LogP contribution in [0.2, 0.25) is 0 Å². The van der Waals surface area contributed by atoms with Crippen LogP contribution in [0.1, 0.15) is 33.1 Å². The number of sulfonamides is 1. The molecule has 1 aromatic heterocycles. The maximum absolute atomic E-state index is 12.7. The third kappa shape index (κ3) is 3.21. The molecular formula is C13H24N4O2S. The lowest BCUT2D eigenvalue weighted by molar-refractivity contribution is 0.257. The van der Waals surface area contributed by atoms with Crippen molar-refractivity contribution in [1.29, 1.82) is 0 Å². The lowest BCUT2D eigenvalue weighted by atomic mass is 10.1. The molecule has 0 spiro atoms. The van der Waals surface area contributed by atoms with Gasteiger partial charge in [0.2, 0.25) is 0 Å². The van der Waals surface area contributed by atoms with Crippen molar-refractivity contribution in [1.82, 2.24) is 13.9 Å². The van der Waals surface area contributed by atoms with Crippen molar-refractivity contribution >= 4 is 10.0 Å². The van der Waals surface area contributed by atoms with Crippen molar-refractivity contribution in [2.75, 3.05) is 13.1 Å². The highest BCUT2D eigenvalue weighted by atomic mass is 32.2. The van der Waals surface area contributed by atoms with Gasteiger partial charge in [-0.05, 0) is 18.8 Å². The van der Waals surface area contributed by atoms with Gasteiger partial charge in [0, 0.05) is 31.9 Å². The van der Waals surface area contributed by atoms with Gasteiger partial charge in [-0.25, -0.2) is 13.4 Å². The van der Waals surface area contributed by atoms with Crippen molar-refractivity contribution in [3.8, 4) is 0 Å². The number of hydrogen-bond donors (Lipinski definition) is 1. The van der Waals surface area contributed by atoms with Gasteiger partial charge < -0.3 is 10.3 Å². The molecule has 1 saturated heterocycles. The number of rotatable bonds is 5. The van der Waals surface area contributed by atoms with Crippen LogP contribution in [0.15, 0.2) is 17.6 Å². The first kappa shape index (κ1) is 15.5. The van der Waals surface area contributed by atoms with Crippen molar-refractivity contribution in [3.05, 3.63) is 12.5 Å². The van der Waals surface area contributed by atoms with Gasteiger partial charge in [0.25, 0.3) is 10.0 Å². The maximum atomic E-state index is 12.7. The van der Waals surface area contributed by atoms with E-state index in [1.54, 1.807) is 12.5 Å². The molecule has 2 N–H and O–H groups in total. The van der Waals surface area contributed by atoms with Crippen molar-refractivity contribution < 1.29 is 8.42 Å². The van der Waals surface area contributed by atoms with E-state index in [4.69, 9.17) is 5.73 Å². The molecule has 2 heterocycles. The van der Waals surface area contributed by atoms with Crippen LogP contribution in [0, 0.1) is 5.92 Å². The summed E-state index contributed by atoms with van der Waals surface area (Å²) in [6.45, 7) is 5.85. The van der Waals surface area contributed by atoms with Crippen LogP contribution in [0.25, 0.3) is 0 Å². The predicted octanol–water partition coefficient (Wildman–Crippen LogP) is 1.04. The lowest BCUT2D eigenvalue weighted by Crippen LogP contribution is -2.47. The van der Waals surface area contributed by atoms with Crippen LogP contribution in [0.3, 0.4) is 0 Å². The van der Waals surface area contributed by atoms with Gasteiger partial charge in [-0.2, -0.15) is 4.31 Å². The second-order valence-electron chi connectivity index (χ2n) is 5.80. The molecule has 20 heavy (non-hydrogen) atoms. The van der Waals surface area contributed by atoms with E-state index in [2.05, 4.69) is 18.8 Å². The van der Waals surface area contributed by atoms with Gasteiger partial charge in [-0.1, -0.05) is 20.3 Å². The highest BCUT2D eigenvalue weighted by Gasteiger charge is 2.34. The Morgan fingerprint density at radius 3 is 2.85 bits per heavy atom. The highest BCUT2D eigenvalue weighted by Crippen LogP contribution is 2.24. The fourth-order valence-electron chi connectivity index (χ4n) is 2.64. The highest BCUT2D eigenvalue weighted by molar-refractivity contribution is 7.89. The number of nitrogens with zero attached hydrogens (tertiary/aromatic N) is 3. The minimum absolute atomic E-state index is 0.0935. The number of nitrogens with two attached hydrogens (primary N) is 1. The van der Waals surface area contributed by atoms with E-state index in [1.165, 1.54) is 4.31 Å². The van der Waals surface area contributed by atoms with Gasteiger partial charge >= 0.3 is 0 Å². The number of hydrogen-bond acceptors (Lipinski definition) is 4. The molecule has 6 nitrogen and oxygen atoms in total. The zero-order chi connectivity index (χ0) is 14.8. The Morgan fingerprint density at radius 1 is 1.45 bits per heavy atom. The summed E-state index contributed by atoms with van der Waals surface area (Å²) in [6, 6.07) is -0.0935. The fourth-order valence-corrected chi connectivity index (χ4v) is 4.28. The van der Waals surface area contributed by atoms with E-state index in [0.29, 0.717) is 19.0 Å². The molecule has 0 aromatic carbocycles. The summed E-state index contributed by atoms with van der Waals surface area (Å²) in [4.78, 5) is 4.08. The molecule has 1 aliphatic rings. The number of aromatic nitrogens is 2. The Kier molecular flexibility index (Phi) is 4.82. The van der Waals surface area contributed by atoms with E-state index in [9.17, 15) is 8.42 Å². The van der Waals surface area contributed by atoms with E-state index in [0.717, 1.165) is 25.8 Å². The van der Waals surface area contributed by atoms with Crippen LogP contribution in [0.4, 0.5) is 0 Å². The third-order valence-corrected chi connectivity index (χ3v) is 5.44. The molecule has 114 valence electrons. The largest absolute Gasteiger partial charge is 0.336 e. The van der Waals surface area contributed by atoms with Gasteiger partial charge in [0.05, 0.1) is 6.33 Å². The van der Waals surface area contributed by atoms with Crippen LogP contribution in [0.5, 0.6) is 0 Å². The molecule has 0 aliphatic carbocycles. The summed E-state index contributed by atoms with van der Waals surface area (Å²) in [7, 11) is -3.52. The fraction of sp³-hybridized carbons (Fsp3) is 0.769. The summed E-state index contributed by atoms with van der Waals surface area (Å²) in [5.41, 5.74) is 5.71. The second-order valence-corrected chi connectivity index (χ2v) is 7.64. The van der Waals surface area contributed by atoms with Crippen molar-refractivity contribution in [2.45, 2.75) is 50.7 Å². The summed E-state index contributed by atoms with van der Waals surface area (Å²) in [5.74, 6) is 0.450. The SMILES string of the molecule is CC(C)Cn1cnc(S(=O)(=O)N2CCCCC2CN)c1. The molecule has 1 aromatic rings. The number of piperidine rings is 1. The monoisotopic (exact) mass is 300 g/mol. The molecule has 7 heteroatoms. The smallest absolute Gasteiger partial charge is 0.262 e. The minimum atomic E-state index is -3.52. The van der Waals surface area contributed by atoms with Crippen molar-refractivity contribution in [3.63, 3.8) is 0 Å². The van der Waals surface area contributed by atoms with E-state index in [-0.39, 0.29) is 11.1 Å². The second kappa shape index (κ2) is 6.24. The molecule has 1 atom stereocenters. The van der Waals surface area contributed by atoms with Crippen molar-refractivity contribution in [2.24, 2.45) is 11.7 Å². The zero-order valence-electron chi connectivity index (χ0n) is 12.2. The molecule has 0 amide bonds. The quantitative estimate of drug-likeness (QED) is 0.881. The maximum Gasteiger partial charge on any atom is 0.262 e. The average molecular weight is 300 g/mol. The first-order valence-electron chi connectivity index (χ1n) is 7.19. The normalized spacial score (nSPS) is 21.5. The first-order valence-corrected chi connectivity index (χ1v) is 8.63. The molecule has 1 aliphatic heterocycles. The Bertz CT molecular complexity index is 538. The summed E-state index contributed by atoms with van der Waals surface area (Å²) in [6.07, 6.45) is 5.98. The van der Waals surface area contributed by atoms with E-state index >= 15 is 0 Å². The molecule has 2 rings (SSSR count). The third-order valence-electron chi connectivity index (χ3n) is 3.60. The van der Waals surface area contributed by atoms with Gasteiger partial charge in [-0.15, -0.1) is 0 Å². The Labute approximate surface area is 121 Å². The minimum Gasteiger partial charge on any atom is -0.336 e. The van der Waals surface area contributed by atoms with Gasteiger partial charge in [0.15, 0.2) is 5.03 Å². The van der Waals surface area contributed by atoms with Crippen LogP contribution in [-0.2, 0) is 16.6 Å². The Morgan fingerprint density at radius 2 is 2.20 bits per heavy atom. The lowest BCUT2D eigenvalue weighted by Gasteiger charge is -2.33. The molecule has 0 bridgehead atoms. The average Bonchev–Trinajstić information content (AvgIpc) is 2.87. The van der Waals surface area contributed by atoms with E-state index < -0.39 is 10.0 Å². The van der Waals surface area contributed by atoms with E-state index in [1.807, 2.05) is 4.57 Å². The van der Waals surface area contributed by atoms with Gasteiger partial charge in [0.1, 0.15) is 0 Å².